The lowest BCUT2D eigenvalue weighted by Gasteiger charge is -2.33. The fraction of sp³-hybridized carbons (Fsp3) is 0.160. The molecule has 2 atom stereocenters. The average molecular weight is 492 g/mol. The SMILES string of the molecule is COc1cccc(NC(=O)[C@H]2Sc3nnc(COc4ccccc4)n3N[C@H]2c2ccc(F)cc2)c1. The molecule has 0 unspecified atom stereocenters. The summed E-state index contributed by atoms with van der Waals surface area (Å²) in [4.78, 5) is 13.4. The lowest BCUT2D eigenvalue weighted by Crippen LogP contribution is -2.41. The Bertz CT molecular complexity index is 1320. The zero-order chi connectivity index (χ0) is 24.2. The number of aromatic nitrogens is 3. The second-order valence-corrected chi connectivity index (χ2v) is 8.86. The Kier molecular flexibility index (Phi) is 6.53. The van der Waals surface area contributed by atoms with Crippen LogP contribution in [0.5, 0.6) is 11.5 Å². The molecule has 0 radical (unpaired) electrons. The number of nitrogens with zero attached hydrogens (tertiary/aromatic N) is 3. The van der Waals surface area contributed by atoms with Gasteiger partial charge in [0.25, 0.3) is 0 Å². The van der Waals surface area contributed by atoms with Gasteiger partial charge in [0.15, 0.2) is 5.82 Å². The molecule has 1 aliphatic rings. The number of thioether (sulfide) groups is 1. The van der Waals surface area contributed by atoms with Crippen LogP contribution >= 0.6 is 11.8 Å². The van der Waals surface area contributed by atoms with Gasteiger partial charge in [0.1, 0.15) is 29.2 Å². The molecule has 1 aromatic heterocycles. The highest BCUT2D eigenvalue weighted by molar-refractivity contribution is 8.00. The monoisotopic (exact) mass is 491 g/mol. The van der Waals surface area contributed by atoms with E-state index in [1.54, 1.807) is 48.2 Å². The molecule has 1 aliphatic heterocycles. The van der Waals surface area contributed by atoms with Gasteiger partial charge in [-0.2, -0.15) is 0 Å². The first-order valence-electron chi connectivity index (χ1n) is 10.9. The maximum Gasteiger partial charge on any atom is 0.240 e. The van der Waals surface area contributed by atoms with E-state index in [9.17, 15) is 9.18 Å². The number of amides is 1. The van der Waals surface area contributed by atoms with Gasteiger partial charge in [0.05, 0.1) is 13.2 Å². The Morgan fingerprint density at radius 1 is 1.06 bits per heavy atom. The molecule has 10 heteroatoms. The normalized spacial score (nSPS) is 16.6. The van der Waals surface area contributed by atoms with Crippen LogP contribution in [0.2, 0.25) is 0 Å². The van der Waals surface area contributed by atoms with E-state index < -0.39 is 11.3 Å². The number of para-hydroxylation sites is 1. The van der Waals surface area contributed by atoms with Crippen LogP contribution in [0.15, 0.2) is 84.0 Å². The minimum absolute atomic E-state index is 0.182. The van der Waals surface area contributed by atoms with E-state index >= 15 is 0 Å². The van der Waals surface area contributed by atoms with Gasteiger partial charge in [-0.3, -0.25) is 4.79 Å². The summed E-state index contributed by atoms with van der Waals surface area (Å²) >= 11 is 1.28. The molecule has 8 nitrogen and oxygen atoms in total. The second kappa shape index (κ2) is 10.1. The lowest BCUT2D eigenvalue weighted by molar-refractivity contribution is -0.116. The van der Waals surface area contributed by atoms with Gasteiger partial charge < -0.3 is 20.2 Å². The number of carbonyl (C=O) groups is 1. The van der Waals surface area contributed by atoms with Gasteiger partial charge in [0, 0.05) is 11.8 Å². The number of ether oxygens (including phenoxy) is 2. The number of hydrogen-bond acceptors (Lipinski definition) is 7. The Labute approximate surface area is 205 Å². The van der Waals surface area contributed by atoms with Gasteiger partial charge in [-0.15, -0.1) is 10.2 Å². The highest BCUT2D eigenvalue weighted by Crippen LogP contribution is 2.38. The number of fused-ring (bicyclic) bond motifs is 1. The molecule has 4 aromatic rings. The van der Waals surface area contributed by atoms with Crippen molar-refractivity contribution in [2.75, 3.05) is 17.9 Å². The molecule has 2 N–H and O–H groups in total. The van der Waals surface area contributed by atoms with Crippen molar-refractivity contribution < 1.29 is 18.7 Å². The first-order chi connectivity index (χ1) is 17.1. The van der Waals surface area contributed by atoms with Gasteiger partial charge >= 0.3 is 0 Å². The average Bonchev–Trinajstić information content (AvgIpc) is 3.30. The quantitative estimate of drug-likeness (QED) is 0.396. The van der Waals surface area contributed by atoms with E-state index in [1.165, 1.54) is 23.9 Å². The molecule has 2 heterocycles. The van der Waals surface area contributed by atoms with Gasteiger partial charge in [-0.05, 0) is 42.0 Å². The van der Waals surface area contributed by atoms with Crippen molar-refractivity contribution in [3.05, 3.63) is 96.1 Å². The summed E-state index contributed by atoms with van der Waals surface area (Å²) in [5.41, 5.74) is 4.70. The summed E-state index contributed by atoms with van der Waals surface area (Å²) in [6.45, 7) is 0.182. The van der Waals surface area contributed by atoms with Crippen LogP contribution in [0.1, 0.15) is 17.4 Å². The molecule has 0 saturated heterocycles. The third kappa shape index (κ3) is 5.07. The van der Waals surface area contributed by atoms with Crippen LogP contribution < -0.4 is 20.2 Å². The Morgan fingerprint density at radius 3 is 2.60 bits per heavy atom. The molecule has 0 bridgehead atoms. The molecule has 0 fully saturated rings. The number of carbonyl (C=O) groups excluding carboxylic acids is 1. The van der Waals surface area contributed by atoms with E-state index in [-0.39, 0.29) is 18.3 Å². The topological polar surface area (TPSA) is 90.3 Å². The summed E-state index contributed by atoms with van der Waals surface area (Å²) in [6, 6.07) is 22.1. The Morgan fingerprint density at radius 2 is 1.83 bits per heavy atom. The van der Waals surface area contributed by atoms with Crippen molar-refractivity contribution in [1.82, 2.24) is 14.9 Å². The highest BCUT2D eigenvalue weighted by atomic mass is 32.2. The predicted molar refractivity (Wildman–Crippen MR) is 131 cm³/mol. The third-order valence-corrected chi connectivity index (χ3v) is 6.65. The second-order valence-electron chi connectivity index (χ2n) is 7.75. The molecule has 1 amide bonds. The minimum Gasteiger partial charge on any atom is -0.497 e. The Balaban J connectivity index is 1.41. The fourth-order valence-electron chi connectivity index (χ4n) is 3.69. The first-order valence-corrected chi connectivity index (χ1v) is 11.7. The predicted octanol–water partition coefficient (Wildman–Crippen LogP) is 4.40. The van der Waals surface area contributed by atoms with E-state index in [0.29, 0.717) is 28.2 Å². The van der Waals surface area contributed by atoms with E-state index in [2.05, 4.69) is 20.9 Å². The number of methoxy groups -OCH3 is 1. The minimum atomic E-state index is -0.605. The summed E-state index contributed by atoms with van der Waals surface area (Å²) in [6.07, 6.45) is 0. The number of benzene rings is 3. The van der Waals surface area contributed by atoms with Gasteiger partial charge in [-0.1, -0.05) is 48.2 Å². The van der Waals surface area contributed by atoms with Crippen molar-refractivity contribution in [2.45, 2.75) is 23.1 Å². The molecule has 0 saturated carbocycles. The Hall–Kier alpha value is -4.05. The molecule has 178 valence electrons. The molecule has 5 rings (SSSR count). The van der Waals surface area contributed by atoms with E-state index in [1.807, 2.05) is 30.3 Å². The van der Waals surface area contributed by atoms with E-state index in [0.717, 1.165) is 5.56 Å². The third-order valence-electron chi connectivity index (χ3n) is 5.44. The summed E-state index contributed by atoms with van der Waals surface area (Å²) < 4.78 is 26.4. The standard InChI is InChI=1S/C25H22FN5O3S/c1-33-20-9-5-6-18(14-20)27-24(32)23-22(16-10-12-17(26)13-11-16)30-31-21(28-29-25(31)35-23)15-34-19-7-3-2-4-8-19/h2-14,22-23,30H,15H2,1H3,(H,27,32)/t22-,23-/m0/s1. The van der Waals surface area contributed by atoms with Gasteiger partial charge in [-0.25, -0.2) is 9.07 Å². The van der Waals surface area contributed by atoms with Crippen molar-refractivity contribution in [3.8, 4) is 11.5 Å². The van der Waals surface area contributed by atoms with Gasteiger partial charge in [0.2, 0.25) is 11.1 Å². The smallest absolute Gasteiger partial charge is 0.240 e. The van der Waals surface area contributed by atoms with Crippen LogP contribution in [-0.2, 0) is 11.4 Å². The molecular weight excluding hydrogens is 469 g/mol. The summed E-state index contributed by atoms with van der Waals surface area (Å²) in [5, 5.41) is 11.4. The maximum absolute atomic E-state index is 13.6. The number of halogens is 1. The molecular formula is C25H22FN5O3S. The number of anilines is 1. The van der Waals surface area contributed by atoms with Crippen molar-refractivity contribution in [3.63, 3.8) is 0 Å². The highest BCUT2D eigenvalue weighted by Gasteiger charge is 2.38. The van der Waals surface area contributed by atoms with Crippen LogP contribution in [0.3, 0.4) is 0 Å². The zero-order valence-corrected chi connectivity index (χ0v) is 19.5. The van der Waals surface area contributed by atoms with Crippen molar-refractivity contribution in [2.24, 2.45) is 0 Å². The van der Waals surface area contributed by atoms with Crippen LogP contribution in [-0.4, -0.2) is 33.1 Å². The molecule has 0 spiro atoms. The number of rotatable bonds is 7. The number of hydrogen-bond donors (Lipinski definition) is 2. The van der Waals surface area contributed by atoms with E-state index in [4.69, 9.17) is 9.47 Å². The van der Waals surface area contributed by atoms with Crippen molar-refractivity contribution >= 4 is 23.4 Å². The largest absolute Gasteiger partial charge is 0.497 e. The summed E-state index contributed by atoms with van der Waals surface area (Å²) in [5.74, 6) is 1.31. The molecule has 3 aromatic carbocycles. The van der Waals surface area contributed by atoms with Crippen molar-refractivity contribution in [1.29, 1.82) is 0 Å². The van der Waals surface area contributed by atoms with Crippen LogP contribution in [0.25, 0.3) is 0 Å². The molecule has 35 heavy (non-hydrogen) atoms. The summed E-state index contributed by atoms with van der Waals surface area (Å²) in [7, 11) is 1.57. The first kappa shape index (κ1) is 22.7. The van der Waals surface area contributed by atoms with Crippen LogP contribution in [0.4, 0.5) is 10.1 Å². The van der Waals surface area contributed by atoms with Crippen LogP contribution in [0, 0.1) is 5.82 Å². The maximum atomic E-state index is 13.6. The zero-order valence-electron chi connectivity index (χ0n) is 18.7. The number of nitrogens with one attached hydrogen (secondary N) is 2. The lowest BCUT2D eigenvalue weighted by atomic mass is 10.0. The fourth-order valence-corrected chi connectivity index (χ4v) is 4.79. The molecule has 0 aliphatic carbocycles.